The maximum atomic E-state index is 3.70. The molecule has 0 aliphatic rings. The van der Waals surface area contributed by atoms with Crippen LogP contribution < -0.4 is 5.32 Å². The number of fused-ring (bicyclic) bond motifs is 1. The highest BCUT2D eigenvalue weighted by atomic mass is 14.9. The van der Waals surface area contributed by atoms with E-state index in [1.165, 1.54) is 55.3 Å². The molecule has 1 heteroatoms. The van der Waals surface area contributed by atoms with Gasteiger partial charge in [0.2, 0.25) is 0 Å². The Morgan fingerprint density at radius 1 is 0.268 bits per heavy atom. The van der Waals surface area contributed by atoms with Gasteiger partial charge in [-0.2, -0.15) is 0 Å². The zero-order chi connectivity index (χ0) is 27.4. The van der Waals surface area contributed by atoms with Crippen molar-refractivity contribution in [3.63, 3.8) is 0 Å². The molecule has 1 nitrogen and oxygen atoms in total. The van der Waals surface area contributed by atoms with Crippen LogP contribution in [0.15, 0.2) is 170 Å². The Bertz CT molecular complexity index is 1940. The van der Waals surface area contributed by atoms with Gasteiger partial charge in [-0.1, -0.05) is 152 Å². The van der Waals surface area contributed by atoms with Gasteiger partial charge in [0.25, 0.3) is 0 Å². The summed E-state index contributed by atoms with van der Waals surface area (Å²) in [6.45, 7) is 0. The molecule has 41 heavy (non-hydrogen) atoms. The van der Waals surface area contributed by atoms with Crippen molar-refractivity contribution in [1.82, 2.24) is 0 Å². The van der Waals surface area contributed by atoms with Crippen molar-refractivity contribution in [2.75, 3.05) is 5.32 Å². The Hall–Kier alpha value is -5.40. The predicted octanol–water partition coefficient (Wildman–Crippen LogP) is 11.3. The molecule has 0 saturated carbocycles. The van der Waals surface area contributed by atoms with Crippen molar-refractivity contribution in [3.8, 4) is 44.5 Å². The van der Waals surface area contributed by atoms with E-state index in [1.807, 2.05) is 0 Å². The molecule has 0 aliphatic carbocycles. The van der Waals surface area contributed by atoms with Crippen molar-refractivity contribution >= 4 is 22.1 Å². The lowest BCUT2D eigenvalue weighted by Crippen LogP contribution is -1.94. The van der Waals surface area contributed by atoms with E-state index in [9.17, 15) is 0 Å². The maximum Gasteiger partial charge on any atom is 0.0464 e. The molecule has 0 spiro atoms. The summed E-state index contributed by atoms with van der Waals surface area (Å²) in [6.07, 6.45) is 0. The Balaban J connectivity index is 1.22. The van der Waals surface area contributed by atoms with Gasteiger partial charge in [-0.25, -0.2) is 0 Å². The molecule has 0 saturated heterocycles. The molecule has 0 amide bonds. The van der Waals surface area contributed by atoms with Crippen molar-refractivity contribution in [1.29, 1.82) is 0 Å². The molecule has 194 valence electrons. The Morgan fingerprint density at radius 3 is 1.32 bits per heavy atom. The van der Waals surface area contributed by atoms with Gasteiger partial charge >= 0.3 is 0 Å². The van der Waals surface area contributed by atoms with Gasteiger partial charge in [0.15, 0.2) is 0 Å². The Labute approximate surface area is 241 Å². The van der Waals surface area contributed by atoms with Gasteiger partial charge < -0.3 is 5.32 Å². The molecular weight excluding hydrogens is 494 g/mol. The van der Waals surface area contributed by atoms with Crippen LogP contribution in [0.5, 0.6) is 0 Å². The molecular formula is C40H29N. The Morgan fingerprint density at radius 2 is 0.707 bits per heavy atom. The fourth-order valence-electron chi connectivity index (χ4n) is 5.72. The smallest absolute Gasteiger partial charge is 0.0464 e. The first-order chi connectivity index (χ1) is 20.3. The molecule has 0 radical (unpaired) electrons. The lowest BCUT2D eigenvalue weighted by molar-refractivity contribution is 1.52. The fourth-order valence-corrected chi connectivity index (χ4v) is 5.72. The van der Waals surface area contributed by atoms with Gasteiger partial charge in [0.05, 0.1) is 0 Å². The van der Waals surface area contributed by atoms with Gasteiger partial charge in [-0.05, 0) is 67.9 Å². The molecule has 0 aliphatic heterocycles. The van der Waals surface area contributed by atoms with Crippen molar-refractivity contribution in [2.45, 2.75) is 0 Å². The zero-order valence-corrected chi connectivity index (χ0v) is 22.7. The number of rotatable bonds is 6. The maximum absolute atomic E-state index is 3.70. The van der Waals surface area contributed by atoms with Gasteiger partial charge in [-0.3, -0.25) is 0 Å². The second-order valence-electron chi connectivity index (χ2n) is 10.2. The molecule has 7 rings (SSSR count). The van der Waals surface area contributed by atoms with Crippen LogP contribution in [-0.4, -0.2) is 0 Å². The van der Waals surface area contributed by atoms with E-state index in [0.717, 1.165) is 11.4 Å². The van der Waals surface area contributed by atoms with Crippen LogP contribution in [0.3, 0.4) is 0 Å². The largest absolute Gasteiger partial charge is 0.355 e. The molecule has 0 aromatic heterocycles. The molecule has 7 aromatic carbocycles. The lowest BCUT2D eigenvalue weighted by Gasteiger charge is -2.16. The van der Waals surface area contributed by atoms with E-state index in [2.05, 4.69) is 175 Å². The summed E-state index contributed by atoms with van der Waals surface area (Å²) in [4.78, 5) is 0. The van der Waals surface area contributed by atoms with E-state index in [-0.39, 0.29) is 0 Å². The molecule has 0 fully saturated rings. The van der Waals surface area contributed by atoms with Crippen LogP contribution in [-0.2, 0) is 0 Å². The number of benzene rings is 7. The van der Waals surface area contributed by atoms with E-state index in [1.54, 1.807) is 0 Å². The highest BCUT2D eigenvalue weighted by Crippen LogP contribution is 2.39. The monoisotopic (exact) mass is 523 g/mol. The highest BCUT2D eigenvalue weighted by Gasteiger charge is 2.12. The third-order valence-electron chi connectivity index (χ3n) is 7.71. The first-order valence-electron chi connectivity index (χ1n) is 14.0. The molecule has 0 bridgehead atoms. The summed E-state index contributed by atoms with van der Waals surface area (Å²) in [6, 6.07) is 60.4. The number of hydrogen-bond acceptors (Lipinski definition) is 1. The molecule has 7 aromatic rings. The van der Waals surface area contributed by atoms with Crippen LogP contribution >= 0.6 is 0 Å². The van der Waals surface area contributed by atoms with Gasteiger partial charge in [0, 0.05) is 16.9 Å². The van der Waals surface area contributed by atoms with Crippen LogP contribution in [0, 0.1) is 0 Å². The summed E-state index contributed by atoms with van der Waals surface area (Å²) in [7, 11) is 0. The van der Waals surface area contributed by atoms with E-state index >= 15 is 0 Å². The summed E-state index contributed by atoms with van der Waals surface area (Å²) >= 11 is 0. The summed E-state index contributed by atoms with van der Waals surface area (Å²) in [5, 5.41) is 6.23. The van der Waals surface area contributed by atoms with Crippen LogP contribution in [0.25, 0.3) is 55.3 Å². The minimum absolute atomic E-state index is 1.06. The first kappa shape index (κ1) is 24.6. The summed E-state index contributed by atoms with van der Waals surface area (Å²) < 4.78 is 0. The number of anilines is 2. The highest BCUT2D eigenvalue weighted by molar-refractivity contribution is 6.05. The average molecular weight is 524 g/mol. The lowest BCUT2D eigenvalue weighted by atomic mass is 9.92. The zero-order valence-electron chi connectivity index (χ0n) is 22.7. The normalized spacial score (nSPS) is 10.9. The third-order valence-corrected chi connectivity index (χ3v) is 7.71. The predicted molar refractivity (Wildman–Crippen MR) is 175 cm³/mol. The van der Waals surface area contributed by atoms with Crippen molar-refractivity contribution < 1.29 is 0 Å². The third kappa shape index (κ3) is 4.90. The van der Waals surface area contributed by atoms with Crippen LogP contribution in [0.2, 0.25) is 0 Å². The summed E-state index contributed by atoms with van der Waals surface area (Å²) in [5.74, 6) is 0. The van der Waals surface area contributed by atoms with E-state index < -0.39 is 0 Å². The van der Waals surface area contributed by atoms with Crippen LogP contribution in [0.1, 0.15) is 0 Å². The van der Waals surface area contributed by atoms with Gasteiger partial charge in [0.1, 0.15) is 0 Å². The van der Waals surface area contributed by atoms with Crippen LogP contribution in [0.4, 0.5) is 11.4 Å². The van der Waals surface area contributed by atoms with Crippen molar-refractivity contribution in [2.24, 2.45) is 0 Å². The van der Waals surface area contributed by atoms with E-state index in [4.69, 9.17) is 0 Å². The van der Waals surface area contributed by atoms with Gasteiger partial charge in [-0.15, -0.1) is 0 Å². The standard InChI is InChI=1S/C40H29N/c1-3-13-29(14-4-1)33-17-7-8-20-38(33)39-21-11-12-22-40(39)41-32-25-23-31(24-26-32)35-28-27-34(30-15-5-2-6-16-30)36-18-9-10-19-37(35)36/h1-28,41H. The Kier molecular flexibility index (Phi) is 6.61. The first-order valence-corrected chi connectivity index (χ1v) is 14.0. The summed E-state index contributed by atoms with van der Waals surface area (Å²) in [5.41, 5.74) is 11.9. The number of para-hydroxylation sites is 1. The molecule has 0 unspecified atom stereocenters. The molecule has 0 heterocycles. The topological polar surface area (TPSA) is 12.0 Å². The minimum atomic E-state index is 1.06. The second kappa shape index (κ2) is 11.0. The SMILES string of the molecule is c1ccc(-c2ccccc2-c2ccccc2Nc2ccc(-c3ccc(-c4ccccc4)c4ccccc34)cc2)cc1. The number of hydrogen-bond donors (Lipinski definition) is 1. The number of nitrogens with one attached hydrogen (secondary N) is 1. The van der Waals surface area contributed by atoms with E-state index in [0.29, 0.717) is 0 Å². The average Bonchev–Trinajstić information content (AvgIpc) is 3.06. The molecule has 0 atom stereocenters. The quantitative estimate of drug-likeness (QED) is 0.229. The van der Waals surface area contributed by atoms with Crippen molar-refractivity contribution in [3.05, 3.63) is 170 Å². The molecule has 1 N–H and O–H groups in total. The second-order valence-corrected chi connectivity index (χ2v) is 10.2. The minimum Gasteiger partial charge on any atom is -0.355 e. The fraction of sp³-hybridized carbons (Fsp3) is 0.